The van der Waals surface area contributed by atoms with Gasteiger partial charge in [-0.2, -0.15) is 13.2 Å². The number of alkyl halides is 3. The minimum atomic E-state index is -4.37. The van der Waals surface area contributed by atoms with Crippen LogP contribution in [0, 0.1) is 12.8 Å². The van der Waals surface area contributed by atoms with E-state index in [1.807, 2.05) is 19.1 Å². The summed E-state index contributed by atoms with van der Waals surface area (Å²) in [7, 11) is 0. The van der Waals surface area contributed by atoms with E-state index in [9.17, 15) is 18.0 Å². The summed E-state index contributed by atoms with van der Waals surface area (Å²) in [6.07, 6.45) is 1.06. The van der Waals surface area contributed by atoms with Crippen molar-refractivity contribution in [3.8, 4) is 5.75 Å². The molecule has 0 saturated heterocycles. The number of rotatable bonds is 9. The SMILES string of the molecule is CCOC(=O)COc1ccc(/C(=N/OCc2ccc(C(F)(F)F)cc2)C2CCCCC2)cc1C. The summed E-state index contributed by atoms with van der Waals surface area (Å²) in [5.74, 6) is 0.407. The molecule has 0 radical (unpaired) electrons. The number of esters is 1. The maximum absolute atomic E-state index is 12.8. The summed E-state index contributed by atoms with van der Waals surface area (Å²) in [6, 6.07) is 10.5. The molecule has 2 aromatic carbocycles. The van der Waals surface area contributed by atoms with Crippen LogP contribution in [0.15, 0.2) is 47.6 Å². The Balaban J connectivity index is 1.73. The Morgan fingerprint density at radius 3 is 2.38 bits per heavy atom. The number of carbonyl (C=O) groups is 1. The highest BCUT2D eigenvalue weighted by molar-refractivity contribution is 6.02. The van der Waals surface area contributed by atoms with Gasteiger partial charge in [-0.05, 0) is 68.1 Å². The summed E-state index contributed by atoms with van der Waals surface area (Å²) in [5, 5.41) is 4.43. The quantitative estimate of drug-likeness (QED) is 0.236. The lowest BCUT2D eigenvalue weighted by molar-refractivity contribution is -0.145. The third-order valence-electron chi connectivity index (χ3n) is 5.79. The van der Waals surface area contributed by atoms with E-state index in [2.05, 4.69) is 5.16 Å². The van der Waals surface area contributed by atoms with Crippen molar-refractivity contribution in [2.45, 2.75) is 58.7 Å². The Hall–Kier alpha value is -3.03. The average molecular weight is 478 g/mol. The van der Waals surface area contributed by atoms with Gasteiger partial charge in [-0.3, -0.25) is 0 Å². The number of halogens is 3. The van der Waals surface area contributed by atoms with Crippen LogP contribution >= 0.6 is 0 Å². The number of hydrogen-bond donors (Lipinski definition) is 0. The predicted octanol–water partition coefficient (Wildman–Crippen LogP) is 6.46. The molecule has 2 aromatic rings. The molecular formula is C26H30F3NO4. The maximum atomic E-state index is 12.8. The smallest absolute Gasteiger partial charge is 0.416 e. The van der Waals surface area contributed by atoms with Crippen molar-refractivity contribution in [3.63, 3.8) is 0 Å². The molecule has 0 unspecified atom stereocenters. The number of ether oxygens (including phenoxy) is 2. The zero-order valence-corrected chi connectivity index (χ0v) is 19.5. The van der Waals surface area contributed by atoms with Gasteiger partial charge in [-0.1, -0.05) is 36.6 Å². The van der Waals surface area contributed by atoms with Gasteiger partial charge in [0, 0.05) is 11.5 Å². The third-order valence-corrected chi connectivity index (χ3v) is 5.79. The van der Waals surface area contributed by atoms with Gasteiger partial charge in [0.2, 0.25) is 0 Å². The zero-order chi connectivity index (χ0) is 24.6. The number of aryl methyl sites for hydroxylation is 1. The molecule has 0 N–H and O–H groups in total. The predicted molar refractivity (Wildman–Crippen MR) is 123 cm³/mol. The molecule has 0 bridgehead atoms. The van der Waals surface area contributed by atoms with Crippen molar-refractivity contribution in [2.24, 2.45) is 11.1 Å². The number of hydrogen-bond acceptors (Lipinski definition) is 5. The lowest BCUT2D eigenvalue weighted by atomic mass is 9.83. The molecule has 0 aromatic heterocycles. The summed E-state index contributed by atoms with van der Waals surface area (Å²) in [6.45, 7) is 3.85. The van der Waals surface area contributed by atoms with Gasteiger partial charge in [0.25, 0.3) is 0 Å². The molecule has 184 valence electrons. The molecule has 1 fully saturated rings. The molecule has 1 aliphatic carbocycles. The molecule has 5 nitrogen and oxygen atoms in total. The van der Waals surface area contributed by atoms with E-state index >= 15 is 0 Å². The van der Waals surface area contributed by atoms with Crippen LogP contribution in [0.1, 0.15) is 61.3 Å². The number of benzene rings is 2. The van der Waals surface area contributed by atoms with Gasteiger partial charge >= 0.3 is 12.1 Å². The van der Waals surface area contributed by atoms with Crippen LogP contribution < -0.4 is 4.74 Å². The minimum absolute atomic E-state index is 0.0775. The monoisotopic (exact) mass is 477 g/mol. The van der Waals surface area contributed by atoms with E-state index < -0.39 is 17.7 Å². The summed E-state index contributed by atoms with van der Waals surface area (Å²) in [4.78, 5) is 17.2. The van der Waals surface area contributed by atoms with E-state index in [-0.39, 0.29) is 19.1 Å². The second-order valence-electron chi connectivity index (χ2n) is 8.35. The Kier molecular flexibility index (Phi) is 8.96. The topological polar surface area (TPSA) is 57.1 Å². The molecule has 3 rings (SSSR count). The van der Waals surface area contributed by atoms with Gasteiger partial charge in [0.1, 0.15) is 12.4 Å². The third kappa shape index (κ3) is 7.23. The van der Waals surface area contributed by atoms with E-state index in [1.165, 1.54) is 18.6 Å². The molecule has 1 aliphatic rings. The largest absolute Gasteiger partial charge is 0.482 e. The van der Waals surface area contributed by atoms with Crippen LogP contribution in [-0.4, -0.2) is 24.9 Å². The first kappa shape index (κ1) is 25.6. The second-order valence-corrected chi connectivity index (χ2v) is 8.35. The van der Waals surface area contributed by atoms with E-state index in [0.717, 1.165) is 54.7 Å². The Bertz CT molecular complexity index is 981. The fourth-order valence-corrected chi connectivity index (χ4v) is 4.02. The highest BCUT2D eigenvalue weighted by Crippen LogP contribution is 2.31. The Morgan fingerprint density at radius 1 is 1.06 bits per heavy atom. The number of carbonyl (C=O) groups excluding carboxylic acids is 1. The molecule has 0 aliphatic heterocycles. The number of oxime groups is 1. The number of nitrogens with zero attached hydrogens (tertiary/aromatic N) is 1. The standard InChI is InChI=1S/C26H30F3NO4/c1-3-32-24(31)17-33-23-14-11-21(15-18(23)2)25(20-7-5-4-6-8-20)30-34-16-19-9-12-22(13-10-19)26(27,28)29/h9-15,20H,3-8,16-17H2,1-2H3/b30-25+. The van der Waals surface area contributed by atoms with Crippen molar-refractivity contribution >= 4 is 11.7 Å². The van der Waals surface area contributed by atoms with Crippen LogP contribution in [0.2, 0.25) is 0 Å². The van der Waals surface area contributed by atoms with Crippen LogP contribution in [0.5, 0.6) is 5.75 Å². The highest BCUT2D eigenvalue weighted by atomic mass is 19.4. The van der Waals surface area contributed by atoms with Gasteiger partial charge in [-0.15, -0.1) is 0 Å². The molecular weight excluding hydrogens is 447 g/mol. The molecule has 8 heteroatoms. The van der Waals surface area contributed by atoms with Gasteiger partial charge in [0.05, 0.1) is 17.9 Å². The first-order chi connectivity index (χ1) is 16.3. The first-order valence-corrected chi connectivity index (χ1v) is 11.5. The van der Waals surface area contributed by atoms with E-state index in [4.69, 9.17) is 14.3 Å². The molecule has 0 heterocycles. The molecule has 0 spiro atoms. The Morgan fingerprint density at radius 2 is 1.76 bits per heavy atom. The van der Waals surface area contributed by atoms with Crippen LogP contribution in [0.25, 0.3) is 0 Å². The molecule has 0 atom stereocenters. The molecule has 1 saturated carbocycles. The second kappa shape index (κ2) is 11.9. The van der Waals surface area contributed by atoms with Crippen molar-refractivity contribution in [2.75, 3.05) is 13.2 Å². The average Bonchev–Trinajstić information content (AvgIpc) is 2.81. The molecule has 0 amide bonds. The lowest BCUT2D eigenvalue weighted by Crippen LogP contribution is -2.20. The summed E-state index contributed by atoms with van der Waals surface area (Å²) < 4.78 is 48.8. The summed E-state index contributed by atoms with van der Waals surface area (Å²) in [5.41, 5.74) is 2.50. The van der Waals surface area contributed by atoms with Crippen molar-refractivity contribution < 1.29 is 32.3 Å². The van der Waals surface area contributed by atoms with Crippen LogP contribution in [0.4, 0.5) is 13.2 Å². The highest BCUT2D eigenvalue weighted by Gasteiger charge is 2.30. The van der Waals surface area contributed by atoms with E-state index in [0.29, 0.717) is 17.9 Å². The van der Waals surface area contributed by atoms with Crippen LogP contribution in [-0.2, 0) is 27.2 Å². The summed E-state index contributed by atoms with van der Waals surface area (Å²) >= 11 is 0. The van der Waals surface area contributed by atoms with E-state index in [1.54, 1.807) is 13.0 Å². The van der Waals surface area contributed by atoms with Gasteiger partial charge in [0.15, 0.2) is 6.61 Å². The lowest BCUT2D eigenvalue weighted by Gasteiger charge is -2.23. The normalized spacial score (nSPS) is 15.1. The minimum Gasteiger partial charge on any atom is -0.482 e. The fourth-order valence-electron chi connectivity index (χ4n) is 4.02. The van der Waals surface area contributed by atoms with Crippen molar-refractivity contribution in [3.05, 3.63) is 64.7 Å². The van der Waals surface area contributed by atoms with Crippen LogP contribution in [0.3, 0.4) is 0 Å². The Labute approximate surface area is 197 Å². The first-order valence-electron chi connectivity index (χ1n) is 11.5. The molecule has 34 heavy (non-hydrogen) atoms. The van der Waals surface area contributed by atoms with Gasteiger partial charge in [-0.25, -0.2) is 4.79 Å². The maximum Gasteiger partial charge on any atom is 0.416 e. The zero-order valence-electron chi connectivity index (χ0n) is 19.5. The fraction of sp³-hybridized carbons (Fsp3) is 0.462. The van der Waals surface area contributed by atoms with Gasteiger partial charge < -0.3 is 14.3 Å². The van der Waals surface area contributed by atoms with Crippen molar-refractivity contribution in [1.29, 1.82) is 0 Å². The van der Waals surface area contributed by atoms with Crippen molar-refractivity contribution in [1.82, 2.24) is 0 Å².